The summed E-state index contributed by atoms with van der Waals surface area (Å²) in [5.74, 6) is 0. The molecule has 0 aliphatic rings. The summed E-state index contributed by atoms with van der Waals surface area (Å²) in [4.78, 5) is 0.0729. The van der Waals surface area contributed by atoms with Crippen molar-refractivity contribution < 1.29 is 8.42 Å². The number of hydrogen-bond donors (Lipinski definition) is 1. The predicted molar refractivity (Wildman–Crippen MR) is 66.0 cm³/mol. The largest absolute Gasteiger partial charge is 0.398 e. The summed E-state index contributed by atoms with van der Waals surface area (Å²) in [6.07, 6.45) is 0. The molecular formula is C10H15ClN2O2S. The van der Waals surface area contributed by atoms with E-state index in [1.807, 2.05) is 0 Å². The van der Waals surface area contributed by atoms with Gasteiger partial charge in [0, 0.05) is 18.1 Å². The molecule has 1 rings (SSSR count). The van der Waals surface area contributed by atoms with Crippen molar-refractivity contribution >= 4 is 27.3 Å². The van der Waals surface area contributed by atoms with Crippen molar-refractivity contribution in [3.8, 4) is 0 Å². The molecule has 0 atom stereocenters. The van der Waals surface area contributed by atoms with E-state index in [0.29, 0.717) is 18.1 Å². The first kappa shape index (κ1) is 13.3. The number of rotatable bonds is 4. The SMILES string of the molecule is CCN(CC)S(=O)(=O)c1cc(Cl)ccc1N. The zero-order valence-corrected chi connectivity index (χ0v) is 10.8. The Kier molecular flexibility index (Phi) is 4.18. The molecule has 0 aliphatic carbocycles. The minimum Gasteiger partial charge on any atom is -0.398 e. The van der Waals surface area contributed by atoms with Crippen LogP contribution < -0.4 is 5.73 Å². The quantitative estimate of drug-likeness (QED) is 0.844. The normalized spacial score (nSPS) is 12.0. The van der Waals surface area contributed by atoms with Crippen LogP contribution in [0.15, 0.2) is 23.1 Å². The molecule has 6 heteroatoms. The van der Waals surface area contributed by atoms with Gasteiger partial charge in [0.15, 0.2) is 0 Å². The van der Waals surface area contributed by atoms with Crippen LogP contribution in [0.5, 0.6) is 0 Å². The van der Waals surface area contributed by atoms with Gasteiger partial charge in [0.1, 0.15) is 4.90 Å². The van der Waals surface area contributed by atoms with E-state index in [4.69, 9.17) is 17.3 Å². The summed E-state index contributed by atoms with van der Waals surface area (Å²) < 4.78 is 25.7. The molecule has 0 radical (unpaired) electrons. The van der Waals surface area contributed by atoms with Crippen LogP contribution >= 0.6 is 11.6 Å². The second-order valence-corrected chi connectivity index (χ2v) is 5.61. The number of hydrogen-bond acceptors (Lipinski definition) is 3. The molecule has 0 saturated heterocycles. The lowest BCUT2D eigenvalue weighted by Gasteiger charge is -2.19. The minimum atomic E-state index is -3.53. The molecule has 0 bridgehead atoms. The van der Waals surface area contributed by atoms with E-state index in [2.05, 4.69) is 0 Å². The fourth-order valence-electron chi connectivity index (χ4n) is 1.43. The highest BCUT2D eigenvalue weighted by Crippen LogP contribution is 2.25. The van der Waals surface area contributed by atoms with Gasteiger partial charge in [-0.05, 0) is 18.2 Å². The number of nitrogen functional groups attached to an aromatic ring is 1. The van der Waals surface area contributed by atoms with Gasteiger partial charge in [-0.3, -0.25) is 0 Å². The van der Waals surface area contributed by atoms with Gasteiger partial charge in [0.25, 0.3) is 0 Å². The van der Waals surface area contributed by atoms with Crippen molar-refractivity contribution in [1.29, 1.82) is 0 Å². The van der Waals surface area contributed by atoms with Gasteiger partial charge in [-0.15, -0.1) is 0 Å². The summed E-state index contributed by atoms with van der Waals surface area (Å²) in [6.45, 7) is 4.37. The highest BCUT2D eigenvalue weighted by Gasteiger charge is 2.24. The standard InChI is InChI=1S/C10H15ClN2O2S/c1-3-13(4-2)16(14,15)10-7-8(11)5-6-9(10)12/h5-7H,3-4,12H2,1-2H3. The van der Waals surface area contributed by atoms with Gasteiger partial charge >= 0.3 is 0 Å². The van der Waals surface area contributed by atoms with Crippen LogP contribution in [-0.2, 0) is 10.0 Å². The van der Waals surface area contributed by atoms with Gasteiger partial charge in [-0.2, -0.15) is 4.31 Å². The number of benzene rings is 1. The van der Waals surface area contributed by atoms with Crippen LogP contribution in [0.2, 0.25) is 5.02 Å². The Balaban J connectivity index is 3.31. The molecule has 1 aromatic rings. The molecule has 0 amide bonds. The maximum atomic E-state index is 12.2. The zero-order valence-electron chi connectivity index (χ0n) is 9.27. The van der Waals surface area contributed by atoms with E-state index in [1.54, 1.807) is 19.9 Å². The Morgan fingerprint density at radius 1 is 1.31 bits per heavy atom. The van der Waals surface area contributed by atoms with E-state index in [0.717, 1.165) is 0 Å². The van der Waals surface area contributed by atoms with Crippen molar-refractivity contribution in [3.05, 3.63) is 23.2 Å². The summed E-state index contributed by atoms with van der Waals surface area (Å²) in [6, 6.07) is 4.45. The third kappa shape index (κ3) is 2.48. The highest BCUT2D eigenvalue weighted by molar-refractivity contribution is 7.89. The molecule has 90 valence electrons. The third-order valence-corrected chi connectivity index (χ3v) is 4.64. The molecule has 2 N–H and O–H groups in total. The summed E-state index contributed by atoms with van der Waals surface area (Å²) in [7, 11) is -3.53. The van der Waals surface area contributed by atoms with Crippen LogP contribution in [0.1, 0.15) is 13.8 Å². The highest BCUT2D eigenvalue weighted by atomic mass is 35.5. The van der Waals surface area contributed by atoms with Gasteiger partial charge < -0.3 is 5.73 Å². The van der Waals surface area contributed by atoms with Crippen LogP contribution in [0, 0.1) is 0 Å². The van der Waals surface area contributed by atoms with Crippen LogP contribution in [0.4, 0.5) is 5.69 Å². The van der Waals surface area contributed by atoms with Crippen molar-refractivity contribution in [2.45, 2.75) is 18.7 Å². The average Bonchev–Trinajstić information content (AvgIpc) is 2.23. The van der Waals surface area contributed by atoms with Gasteiger partial charge in [0.2, 0.25) is 10.0 Å². The van der Waals surface area contributed by atoms with Crippen LogP contribution in [0.25, 0.3) is 0 Å². The third-order valence-electron chi connectivity index (χ3n) is 2.30. The van der Waals surface area contributed by atoms with E-state index in [-0.39, 0.29) is 10.6 Å². The molecule has 0 fully saturated rings. The number of nitrogens with zero attached hydrogens (tertiary/aromatic N) is 1. The average molecular weight is 263 g/mol. The Bertz CT molecular complexity index is 470. The smallest absolute Gasteiger partial charge is 0.245 e. The molecule has 1 aromatic carbocycles. The lowest BCUT2D eigenvalue weighted by Crippen LogP contribution is -2.31. The molecule has 0 aromatic heterocycles. The van der Waals surface area contributed by atoms with Gasteiger partial charge in [-0.25, -0.2) is 8.42 Å². The summed E-state index contributed by atoms with van der Waals surface area (Å²) >= 11 is 5.78. The number of anilines is 1. The van der Waals surface area contributed by atoms with E-state index < -0.39 is 10.0 Å². The molecule has 0 saturated carbocycles. The molecule has 0 spiro atoms. The first-order chi connectivity index (χ1) is 7.43. The Morgan fingerprint density at radius 3 is 2.38 bits per heavy atom. The van der Waals surface area contributed by atoms with Crippen molar-refractivity contribution in [2.24, 2.45) is 0 Å². The maximum absolute atomic E-state index is 12.2. The van der Waals surface area contributed by atoms with Crippen molar-refractivity contribution in [1.82, 2.24) is 4.31 Å². The molecular weight excluding hydrogens is 248 g/mol. The fourth-order valence-corrected chi connectivity index (χ4v) is 3.27. The van der Waals surface area contributed by atoms with Crippen LogP contribution in [-0.4, -0.2) is 25.8 Å². The molecule has 0 unspecified atom stereocenters. The van der Waals surface area contributed by atoms with Crippen molar-refractivity contribution in [2.75, 3.05) is 18.8 Å². The predicted octanol–water partition coefficient (Wildman–Crippen LogP) is 1.95. The van der Waals surface area contributed by atoms with E-state index in [9.17, 15) is 8.42 Å². The number of halogens is 1. The minimum absolute atomic E-state index is 0.0729. The van der Waals surface area contributed by atoms with Crippen molar-refractivity contribution in [3.63, 3.8) is 0 Å². The summed E-state index contributed by atoms with van der Waals surface area (Å²) in [5.41, 5.74) is 5.88. The first-order valence-corrected chi connectivity index (χ1v) is 6.80. The van der Waals surface area contributed by atoms with Gasteiger partial charge in [-0.1, -0.05) is 25.4 Å². The van der Waals surface area contributed by atoms with Gasteiger partial charge in [0.05, 0.1) is 5.69 Å². The molecule has 16 heavy (non-hydrogen) atoms. The second kappa shape index (κ2) is 5.03. The molecule has 0 heterocycles. The lowest BCUT2D eigenvalue weighted by molar-refractivity contribution is 0.445. The Morgan fingerprint density at radius 2 is 1.88 bits per heavy atom. The Hall–Kier alpha value is -0.780. The lowest BCUT2D eigenvalue weighted by atomic mass is 10.3. The number of nitrogens with two attached hydrogens (primary N) is 1. The molecule has 4 nitrogen and oxygen atoms in total. The fraction of sp³-hybridized carbons (Fsp3) is 0.400. The topological polar surface area (TPSA) is 63.4 Å². The van der Waals surface area contributed by atoms with E-state index in [1.165, 1.54) is 16.4 Å². The first-order valence-electron chi connectivity index (χ1n) is 4.98. The van der Waals surface area contributed by atoms with E-state index >= 15 is 0 Å². The Labute approximate surface area is 101 Å². The summed E-state index contributed by atoms with van der Waals surface area (Å²) in [5, 5.41) is 0.361. The van der Waals surface area contributed by atoms with Crippen LogP contribution in [0.3, 0.4) is 0 Å². The second-order valence-electron chi connectivity index (χ2n) is 3.27. The maximum Gasteiger partial charge on any atom is 0.245 e. The molecule has 0 aliphatic heterocycles. The zero-order chi connectivity index (χ0) is 12.3. The number of sulfonamides is 1. The monoisotopic (exact) mass is 262 g/mol.